The first kappa shape index (κ1) is 13.2. The van der Waals surface area contributed by atoms with Crippen molar-refractivity contribution in [2.24, 2.45) is 0 Å². The monoisotopic (exact) mass is 270 g/mol. The van der Waals surface area contributed by atoms with Crippen molar-refractivity contribution in [3.05, 3.63) is 47.7 Å². The van der Waals surface area contributed by atoms with Gasteiger partial charge >= 0.3 is 0 Å². The van der Waals surface area contributed by atoms with E-state index in [1.165, 1.54) is 5.56 Å². The zero-order chi connectivity index (χ0) is 13.9. The van der Waals surface area contributed by atoms with Crippen LogP contribution in [-0.2, 0) is 6.54 Å². The summed E-state index contributed by atoms with van der Waals surface area (Å²) in [7, 11) is 0. The predicted molar refractivity (Wildman–Crippen MR) is 81.4 cm³/mol. The average Bonchev–Trinajstić information content (AvgIpc) is 2.80. The van der Waals surface area contributed by atoms with Crippen molar-refractivity contribution < 1.29 is 0 Å². The van der Waals surface area contributed by atoms with Crippen LogP contribution in [0.2, 0.25) is 0 Å². The van der Waals surface area contributed by atoms with Gasteiger partial charge in [0, 0.05) is 25.7 Å². The van der Waals surface area contributed by atoms with Crippen molar-refractivity contribution in [1.82, 2.24) is 14.7 Å². The van der Waals surface area contributed by atoms with Crippen molar-refractivity contribution >= 4 is 5.82 Å². The fourth-order valence-corrected chi connectivity index (χ4v) is 2.99. The minimum atomic E-state index is 0.454. The second-order valence-electron chi connectivity index (χ2n) is 5.65. The molecule has 4 heteroatoms. The molecule has 0 spiro atoms. The van der Waals surface area contributed by atoms with E-state index in [0.29, 0.717) is 6.04 Å². The highest BCUT2D eigenvalue weighted by Crippen LogP contribution is 2.25. The molecule has 20 heavy (non-hydrogen) atoms. The first-order valence-electron chi connectivity index (χ1n) is 7.30. The second kappa shape index (κ2) is 5.67. The average molecular weight is 270 g/mol. The number of rotatable bonds is 3. The third-order valence-electron chi connectivity index (χ3n) is 4.04. The third kappa shape index (κ3) is 2.85. The van der Waals surface area contributed by atoms with Gasteiger partial charge in [-0.25, -0.2) is 4.68 Å². The summed E-state index contributed by atoms with van der Waals surface area (Å²) >= 11 is 0. The van der Waals surface area contributed by atoms with Gasteiger partial charge < -0.3 is 5.73 Å². The normalized spacial score (nSPS) is 17.4. The van der Waals surface area contributed by atoms with Crippen molar-refractivity contribution in [1.29, 1.82) is 0 Å². The Bertz CT molecular complexity index is 553. The molecular formula is C16H22N4. The van der Waals surface area contributed by atoms with Crippen LogP contribution >= 0.6 is 0 Å². The standard InChI is InChI=1S/C16H22N4/c1-13-11-16(17)20(18-13)15-7-9-19(10-8-15)12-14-5-3-2-4-6-14/h2-6,11,15H,7-10,12,17H2,1H3. The molecule has 0 aliphatic carbocycles. The Morgan fingerprint density at radius 2 is 1.90 bits per heavy atom. The minimum Gasteiger partial charge on any atom is -0.384 e. The van der Waals surface area contributed by atoms with Gasteiger partial charge in [-0.05, 0) is 25.3 Å². The molecule has 4 nitrogen and oxygen atoms in total. The zero-order valence-electron chi connectivity index (χ0n) is 12.0. The van der Waals surface area contributed by atoms with Crippen molar-refractivity contribution in [3.63, 3.8) is 0 Å². The topological polar surface area (TPSA) is 47.1 Å². The molecule has 1 saturated heterocycles. The number of likely N-dealkylation sites (tertiary alicyclic amines) is 1. The lowest BCUT2D eigenvalue weighted by Gasteiger charge is -2.32. The van der Waals surface area contributed by atoms with E-state index in [1.807, 2.05) is 17.7 Å². The number of hydrogen-bond donors (Lipinski definition) is 1. The van der Waals surface area contributed by atoms with Crippen LogP contribution in [0.3, 0.4) is 0 Å². The smallest absolute Gasteiger partial charge is 0.122 e. The summed E-state index contributed by atoms with van der Waals surface area (Å²) in [6.45, 7) is 5.26. The lowest BCUT2D eigenvalue weighted by atomic mass is 10.0. The SMILES string of the molecule is Cc1cc(N)n(C2CCN(Cc3ccccc3)CC2)n1. The molecule has 0 saturated carbocycles. The van der Waals surface area contributed by atoms with E-state index in [1.54, 1.807) is 0 Å². The number of nitrogens with two attached hydrogens (primary N) is 1. The molecule has 0 radical (unpaired) electrons. The summed E-state index contributed by atoms with van der Waals surface area (Å²) in [5, 5.41) is 4.52. The molecule has 106 valence electrons. The molecule has 2 aromatic rings. The van der Waals surface area contributed by atoms with Crippen molar-refractivity contribution in [3.8, 4) is 0 Å². The van der Waals surface area contributed by atoms with E-state index in [4.69, 9.17) is 5.73 Å². The van der Waals surface area contributed by atoms with Crippen LogP contribution in [-0.4, -0.2) is 27.8 Å². The Morgan fingerprint density at radius 3 is 2.50 bits per heavy atom. The van der Waals surface area contributed by atoms with Gasteiger partial charge in [-0.3, -0.25) is 4.90 Å². The molecular weight excluding hydrogens is 248 g/mol. The number of aromatic nitrogens is 2. The number of hydrogen-bond acceptors (Lipinski definition) is 3. The lowest BCUT2D eigenvalue weighted by molar-refractivity contribution is 0.174. The van der Waals surface area contributed by atoms with Crippen LogP contribution in [0, 0.1) is 6.92 Å². The fraction of sp³-hybridized carbons (Fsp3) is 0.438. The molecule has 2 N–H and O–H groups in total. The Morgan fingerprint density at radius 1 is 1.20 bits per heavy atom. The number of benzene rings is 1. The molecule has 0 bridgehead atoms. The fourth-order valence-electron chi connectivity index (χ4n) is 2.99. The maximum absolute atomic E-state index is 6.02. The van der Waals surface area contributed by atoms with Gasteiger partial charge in [0.25, 0.3) is 0 Å². The first-order chi connectivity index (χ1) is 9.72. The van der Waals surface area contributed by atoms with E-state index < -0.39 is 0 Å². The summed E-state index contributed by atoms with van der Waals surface area (Å²) in [5.41, 5.74) is 8.42. The first-order valence-corrected chi connectivity index (χ1v) is 7.30. The molecule has 0 atom stereocenters. The van der Waals surface area contributed by atoms with Crippen LogP contribution in [0.1, 0.15) is 30.1 Å². The largest absolute Gasteiger partial charge is 0.384 e. The van der Waals surface area contributed by atoms with Crippen LogP contribution in [0.15, 0.2) is 36.4 Å². The molecule has 1 aromatic heterocycles. The molecule has 1 fully saturated rings. The van der Waals surface area contributed by atoms with Crippen molar-refractivity contribution in [2.75, 3.05) is 18.8 Å². The maximum Gasteiger partial charge on any atom is 0.122 e. The Balaban J connectivity index is 1.58. The highest BCUT2D eigenvalue weighted by Gasteiger charge is 2.22. The predicted octanol–water partition coefficient (Wildman–Crippen LogP) is 2.61. The number of piperidine rings is 1. The number of nitrogen functional groups attached to an aromatic ring is 1. The zero-order valence-corrected chi connectivity index (χ0v) is 12.0. The Hall–Kier alpha value is -1.81. The van der Waals surface area contributed by atoms with Gasteiger partial charge in [0.1, 0.15) is 5.82 Å². The van der Waals surface area contributed by atoms with Gasteiger partial charge in [-0.15, -0.1) is 0 Å². The molecule has 0 amide bonds. The van der Waals surface area contributed by atoms with Gasteiger partial charge in [0.05, 0.1) is 11.7 Å². The van der Waals surface area contributed by atoms with Gasteiger partial charge in [-0.1, -0.05) is 30.3 Å². The molecule has 1 aliphatic rings. The highest BCUT2D eigenvalue weighted by atomic mass is 15.3. The van der Waals surface area contributed by atoms with E-state index in [2.05, 4.69) is 40.3 Å². The lowest BCUT2D eigenvalue weighted by Crippen LogP contribution is -2.34. The summed E-state index contributed by atoms with van der Waals surface area (Å²) in [4.78, 5) is 2.51. The van der Waals surface area contributed by atoms with Crippen LogP contribution < -0.4 is 5.73 Å². The quantitative estimate of drug-likeness (QED) is 0.932. The molecule has 1 aromatic carbocycles. The van der Waals surface area contributed by atoms with Gasteiger partial charge in [0.2, 0.25) is 0 Å². The van der Waals surface area contributed by atoms with Crippen LogP contribution in [0.5, 0.6) is 0 Å². The van der Waals surface area contributed by atoms with E-state index in [0.717, 1.165) is 44.0 Å². The number of aryl methyl sites for hydroxylation is 1. The van der Waals surface area contributed by atoms with Crippen molar-refractivity contribution in [2.45, 2.75) is 32.4 Å². The Kier molecular flexibility index (Phi) is 3.74. The number of nitrogens with zero attached hydrogens (tertiary/aromatic N) is 3. The highest BCUT2D eigenvalue weighted by molar-refractivity contribution is 5.31. The van der Waals surface area contributed by atoms with E-state index in [-0.39, 0.29) is 0 Å². The minimum absolute atomic E-state index is 0.454. The van der Waals surface area contributed by atoms with Crippen LogP contribution in [0.25, 0.3) is 0 Å². The van der Waals surface area contributed by atoms with Gasteiger partial charge in [0.15, 0.2) is 0 Å². The summed E-state index contributed by atoms with van der Waals surface area (Å²) in [6.07, 6.45) is 2.25. The van der Waals surface area contributed by atoms with E-state index >= 15 is 0 Å². The Labute approximate surface area is 120 Å². The van der Waals surface area contributed by atoms with Crippen LogP contribution in [0.4, 0.5) is 5.82 Å². The summed E-state index contributed by atoms with van der Waals surface area (Å²) in [5.74, 6) is 0.795. The molecule has 2 heterocycles. The second-order valence-corrected chi connectivity index (χ2v) is 5.65. The number of anilines is 1. The summed E-state index contributed by atoms with van der Waals surface area (Å²) < 4.78 is 2.01. The third-order valence-corrected chi connectivity index (χ3v) is 4.04. The van der Waals surface area contributed by atoms with E-state index in [9.17, 15) is 0 Å². The molecule has 1 aliphatic heterocycles. The summed E-state index contributed by atoms with van der Waals surface area (Å²) in [6, 6.07) is 13.1. The molecule has 0 unspecified atom stereocenters. The van der Waals surface area contributed by atoms with Gasteiger partial charge in [-0.2, -0.15) is 5.10 Å². The molecule has 3 rings (SSSR count). The maximum atomic E-state index is 6.02.